The Morgan fingerprint density at radius 2 is 1.45 bits per heavy atom. The van der Waals surface area contributed by atoms with Gasteiger partial charge in [-0.25, -0.2) is 4.98 Å². The molecule has 0 fully saturated rings. The second-order valence-corrected chi connectivity index (χ2v) is 7.85. The average Bonchev–Trinajstić information content (AvgIpc) is 3.27. The Morgan fingerprint density at radius 3 is 2.10 bits per heavy atom. The van der Waals surface area contributed by atoms with Gasteiger partial charge in [0.25, 0.3) is 5.91 Å². The number of carbonyl (C=O) groups excluding carboxylic acids is 1. The predicted octanol–water partition coefficient (Wildman–Crippen LogP) is 5.81. The normalized spacial score (nSPS) is 10.5. The second-order valence-electron chi connectivity index (χ2n) is 6.99. The van der Waals surface area contributed by atoms with Crippen molar-refractivity contribution in [3.63, 3.8) is 0 Å². The zero-order valence-corrected chi connectivity index (χ0v) is 18.1. The minimum atomic E-state index is -0.252. The van der Waals surface area contributed by atoms with Crippen LogP contribution >= 0.6 is 11.3 Å². The van der Waals surface area contributed by atoms with E-state index in [1.807, 2.05) is 53.9 Å². The van der Waals surface area contributed by atoms with Gasteiger partial charge in [-0.2, -0.15) is 0 Å². The molecular weight excluding hydrogens is 408 g/mol. The fourth-order valence-electron chi connectivity index (χ4n) is 3.02. The van der Waals surface area contributed by atoms with E-state index in [1.165, 1.54) is 16.9 Å². The van der Waals surface area contributed by atoms with E-state index in [0.29, 0.717) is 10.9 Å². The highest BCUT2D eigenvalue weighted by atomic mass is 32.1. The van der Waals surface area contributed by atoms with Crippen LogP contribution in [0.25, 0.3) is 22.4 Å². The van der Waals surface area contributed by atoms with Gasteiger partial charge in [0.1, 0.15) is 11.5 Å². The molecule has 1 aromatic heterocycles. The molecule has 0 bridgehead atoms. The molecule has 0 aliphatic heterocycles. The molecule has 31 heavy (non-hydrogen) atoms. The molecular formula is C25H22N2O3S. The molecule has 0 saturated carbocycles. The zero-order chi connectivity index (χ0) is 21.6. The van der Waals surface area contributed by atoms with E-state index in [2.05, 4.69) is 41.5 Å². The molecule has 4 rings (SSSR count). The number of thiazole rings is 1. The lowest BCUT2D eigenvalue weighted by Crippen LogP contribution is -2.20. The molecule has 0 radical (unpaired) electrons. The van der Waals surface area contributed by atoms with E-state index < -0.39 is 0 Å². The summed E-state index contributed by atoms with van der Waals surface area (Å²) < 4.78 is 10.8. The van der Waals surface area contributed by atoms with Crippen LogP contribution in [0.2, 0.25) is 0 Å². The summed E-state index contributed by atoms with van der Waals surface area (Å²) in [4.78, 5) is 16.7. The number of hydrogen-bond donors (Lipinski definition) is 1. The number of hydrogen-bond acceptors (Lipinski definition) is 5. The molecule has 0 atom stereocenters. The Balaban J connectivity index is 1.31. The largest absolute Gasteiger partial charge is 0.497 e. The van der Waals surface area contributed by atoms with Crippen LogP contribution in [0.3, 0.4) is 0 Å². The van der Waals surface area contributed by atoms with Gasteiger partial charge in [0.05, 0.1) is 12.8 Å². The van der Waals surface area contributed by atoms with E-state index in [1.54, 1.807) is 7.11 Å². The van der Waals surface area contributed by atoms with Crippen molar-refractivity contribution in [1.29, 1.82) is 0 Å². The Morgan fingerprint density at radius 1 is 0.871 bits per heavy atom. The van der Waals surface area contributed by atoms with Crippen molar-refractivity contribution in [2.75, 3.05) is 19.0 Å². The summed E-state index contributed by atoms with van der Waals surface area (Å²) in [6.45, 7) is 1.98. The number of nitrogens with one attached hydrogen (secondary N) is 1. The smallest absolute Gasteiger partial charge is 0.264 e. The van der Waals surface area contributed by atoms with Crippen molar-refractivity contribution in [3.8, 4) is 33.9 Å². The van der Waals surface area contributed by atoms with Gasteiger partial charge in [0.2, 0.25) is 0 Å². The molecule has 5 nitrogen and oxygen atoms in total. The number of rotatable bonds is 7. The number of ether oxygens (including phenoxy) is 2. The van der Waals surface area contributed by atoms with Crippen LogP contribution in [0.4, 0.5) is 5.13 Å². The third-order valence-corrected chi connectivity index (χ3v) is 5.50. The molecule has 0 unspecified atom stereocenters. The van der Waals surface area contributed by atoms with Crippen LogP contribution in [0.5, 0.6) is 11.5 Å². The van der Waals surface area contributed by atoms with Crippen molar-refractivity contribution >= 4 is 22.4 Å². The third-order valence-electron chi connectivity index (χ3n) is 4.75. The highest BCUT2D eigenvalue weighted by Crippen LogP contribution is 2.27. The van der Waals surface area contributed by atoms with Crippen LogP contribution in [-0.4, -0.2) is 24.6 Å². The molecule has 0 spiro atoms. The molecule has 1 N–H and O–H groups in total. The minimum absolute atomic E-state index is 0.0820. The first-order valence-electron chi connectivity index (χ1n) is 9.80. The van der Waals surface area contributed by atoms with Crippen LogP contribution in [0.1, 0.15) is 5.56 Å². The van der Waals surface area contributed by atoms with Crippen LogP contribution < -0.4 is 14.8 Å². The first kappa shape index (κ1) is 20.6. The quantitative estimate of drug-likeness (QED) is 0.402. The van der Waals surface area contributed by atoms with Gasteiger partial charge < -0.3 is 9.47 Å². The fraction of sp³-hybridized carbons (Fsp3) is 0.120. The average molecular weight is 431 g/mol. The van der Waals surface area contributed by atoms with Gasteiger partial charge in [-0.3, -0.25) is 10.1 Å². The molecule has 3 aromatic carbocycles. The lowest BCUT2D eigenvalue weighted by Gasteiger charge is -2.07. The van der Waals surface area contributed by atoms with Crippen molar-refractivity contribution in [1.82, 2.24) is 4.98 Å². The summed E-state index contributed by atoms with van der Waals surface area (Å²) in [6, 6.07) is 23.7. The van der Waals surface area contributed by atoms with E-state index in [9.17, 15) is 4.79 Å². The predicted molar refractivity (Wildman–Crippen MR) is 125 cm³/mol. The lowest BCUT2D eigenvalue weighted by molar-refractivity contribution is -0.118. The molecule has 156 valence electrons. The number of benzene rings is 3. The van der Waals surface area contributed by atoms with Gasteiger partial charge in [-0.15, -0.1) is 11.3 Å². The maximum Gasteiger partial charge on any atom is 0.264 e. The first-order chi connectivity index (χ1) is 15.1. The molecule has 6 heteroatoms. The van der Waals surface area contributed by atoms with Gasteiger partial charge in [-0.1, -0.05) is 42.0 Å². The highest BCUT2D eigenvalue weighted by Gasteiger charge is 2.09. The van der Waals surface area contributed by atoms with E-state index in [0.717, 1.165) is 28.1 Å². The Hall–Kier alpha value is -3.64. The number of amides is 1. The number of anilines is 1. The van der Waals surface area contributed by atoms with Crippen LogP contribution in [-0.2, 0) is 4.79 Å². The zero-order valence-electron chi connectivity index (χ0n) is 17.3. The Bertz CT molecular complexity index is 1150. The van der Waals surface area contributed by atoms with Gasteiger partial charge >= 0.3 is 0 Å². The summed E-state index contributed by atoms with van der Waals surface area (Å²) in [5, 5.41) is 5.23. The Labute approximate surface area is 185 Å². The molecule has 1 amide bonds. The van der Waals surface area contributed by atoms with Crippen molar-refractivity contribution < 1.29 is 14.3 Å². The summed E-state index contributed by atoms with van der Waals surface area (Å²) in [5.41, 5.74) is 5.24. The lowest BCUT2D eigenvalue weighted by atomic mass is 10.0. The third kappa shape index (κ3) is 5.29. The van der Waals surface area contributed by atoms with Crippen molar-refractivity contribution in [2.45, 2.75) is 6.92 Å². The van der Waals surface area contributed by atoms with E-state index in [-0.39, 0.29) is 12.5 Å². The number of aryl methyl sites for hydroxylation is 1. The summed E-state index contributed by atoms with van der Waals surface area (Å²) >= 11 is 1.38. The Kier molecular flexibility index (Phi) is 6.29. The van der Waals surface area contributed by atoms with Crippen LogP contribution in [0.15, 0.2) is 78.2 Å². The molecule has 1 heterocycles. The standard InChI is InChI=1S/C25H22N2O3S/c1-17-3-5-18(6-4-17)19-7-13-22(14-8-19)30-15-24(28)27-25-26-23(16-31-25)20-9-11-21(29-2)12-10-20/h3-14,16H,15H2,1-2H3,(H,26,27,28). The summed E-state index contributed by atoms with van der Waals surface area (Å²) in [5.74, 6) is 1.18. The van der Waals surface area contributed by atoms with Gasteiger partial charge in [0.15, 0.2) is 11.7 Å². The molecule has 0 aliphatic carbocycles. The van der Waals surface area contributed by atoms with Crippen molar-refractivity contribution in [2.24, 2.45) is 0 Å². The second kappa shape index (κ2) is 9.45. The number of methoxy groups -OCH3 is 1. The van der Waals surface area contributed by atoms with E-state index in [4.69, 9.17) is 9.47 Å². The molecule has 0 aliphatic rings. The van der Waals surface area contributed by atoms with Gasteiger partial charge in [0, 0.05) is 10.9 Å². The summed E-state index contributed by atoms with van der Waals surface area (Å²) in [6.07, 6.45) is 0. The topological polar surface area (TPSA) is 60.5 Å². The van der Waals surface area contributed by atoms with Gasteiger partial charge in [-0.05, 0) is 54.4 Å². The maximum absolute atomic E-state index is 12.2. The van der Waals surface area contributed by atoms with Crippen molar-refractivity contribution in [3.05, 3.63) is 83.7 Å². The molecule has 0 saturated heterocycles. The number of carbonyl (C=O) groups is 1. The first-order valence-corrected chi connectivity index (χ1v) is 10.7. The number of nitrogens with zero attached hydrogens (tertiary/aromatic N) is 1. The van der Waals surface area contributed by atoms with Crippen LogP contribution in [0, 0.1) is 6.92 Å². The maximum atomic E-state index is 12.2. The number of aromatic nitrogens is 1. The summed E-state index contributed by atoms with van der Waals surface area (Å²) in [7, 11) is 1.63. The SMILES string of the molecule is COc1ccc(-c2csc(NC(=O)COc3ccc(-c4ccc(C)cc4)cc3)n2)cc1. The van der Waals surface area contributed by atoms with E-state index >= 15 is 0 Å². The highest BCUT2D eigenvalue weighted by molar-refractivity contribution is 7.14. The molecule has 4 aromatic rings. The fourth-order valence-corrected chi connectivity index (χ4v) is 3.76. The monoisotopic (exact) mass is 430 g/mol. The minimum Gasteiger partial charge on any atom is -0.497 e.